The molecule has 1 N–H and O–H groups in total. The summed E-state index contributed by atoms with van der Waals surface area (Å²) in [6.45, 7) is 0. The summed E-state index contributed by atoms with van der Waals surface area (Å²) in [4.78, 5) is 27.4. The quantitative estimate of drug-likeness (QED) is 0.663. The highest BCUT2D eigenvalue weighted by molar-refractivity contribution is 9.10. The fourth-order valence-electron chi connectivity index (χ4n) is 1.79. The number of methoxy groups -OCH3 is 2. The van der Waals surface area contributed by atoms with Crippen LogP contribution in [0.5, 0.6) is 0 Å². The maximum atomic E-state index is 11.8. The number of fused-ring (bicyclic) bond motifs is 1. The largest absolute Gasteiger partial charge is 0.466 e. The summed E-state index contributed by atoms with van der Waals surface area (Å²) in [6.07, 6.45) is 2.73. The first-order valence-electron chi connectivity index (χ1n) is 6.25. The first-order valence-corrected chi connectivity index (χ1v) is 7.04. The number of benzene rings is 1. The van der Waals surface area contributed by atoms with Gasteiger partial charge in [-0.05, 0) is 34.1 Å². The fraction of sp³-hybridized carbons (Fsp3) is 0.133. The van der Waals surface area contributed by atoms with E-state index in [1.54, 1.807) is 18.3 Å². The molecule has 0 aliphatic carbocycles. The Kier molecular flexibility index (Phi) is 5.11. The smallest absolute Gasteiger partial charge is 0.354 e. The molecule has 0 aliphatic rings. The summed E-state index contributed by atoms with van der Waals surface area (Å²) in [5, 5.41) is 3.74. The molecule has 0 fully saturated rings. The number of carbonyl (C=O) groups excluding carboxylic acids is 2. The first-order chi connectivity index (χ1) is 10.6. The number of halogens is 1. The lowest BCUT2D eigenvalue weighted by Crippen LogP contribution is -2.15. The van der Waals surface area contributed by atoms with E-state index < -0.39 is 11.9 Å². The average Bonchev–Trinajstić information content (AvgIpc) is 2.55. The van der Waals surface area contributed by atoms with E-state index in [4.69, 9.17) is 0 Å². The number of ether oxygens (including phenoxy) is 2. The van der Waals surface area contributed by atoms with E-state index in [1.807, 2.05) is 12.1 Å². The molecule has 7 heteroatoms. The van der Waals surface area contributed by atoms with Crippen LogP contribution >= 0.6 is 15.9 Å². The van der Waals surface area contributed by atoms with Crippen LogP contribution in [0.1, 0.15) is 0 Å². The van der Waals surface area contributed by atoms with E-state index in [9.17, 15) is 9.59 Å². The maximum Gasteiger partial charge on any atom is 0.354 e. The Morgan fingerprint density at radius 2 is 2.00 bits per heavy atom. The molecule has 0 atom stereocenters. The monoisotopic (exact) mass is 364 g/mol. The Labute approximate surface area is 135 Å². The van der Waals surface area contributed by atoms with Crippen LogP contribution in [0.4, 0.5) is 5.69 Å². The molecule has 0 amide bonds. The molecule has 22 heavy (non-hydrogen) atoms. The van der Waals surface area contributed by atoms with Gasteiger partial charge in [-0.1, -0.05) is 6.07 Å². The Balaban J connectivity index is 2.42. The Hall–Kier alpha value is -2.41. The van der Waals surface area contributed by atoms with E-state index in [-0.39, 0.29) is 5.70 Å². The number of anilines is 1. The fourth-order valence-corrected chi connectivity index (χ4v) is 2.36. The Morgan fingerprint density at radius 3 is 2.68 bits per heavy atom. The highest BCUT2D eigenvalue weighted by Crippen LogP contribution is 2.31. The van der Waals surface area contributed by atoms with E-state index in [2.05, 4.69) is 35.7 Å². The van der Waals surface area contributed by atoms with Crippen LogP contribution in [0.15, 0.2) is 46.7 Å². The van der Waals surface area contributed by atoms with Crippen molar-refractivity contribution in [3.8, 4) is 0 Å². The van der Waals surface area contributed by atoms with Crippen LogP contribution in [0.3, 0.4) is 0 Å². The third kappa shape index (κ3) is 3.43. The second kappa shape index (κ2) is 7.04. The minimum atomic E-state index is -0.677. The van der Waals surface area contributed by atoms with Crippen LogP contribution in [-0.2, 0) is 19.1 Å². The van der Waals surface area contributed by atoms with E-state index in [1.165, 1.54) is 14.2 Å². The van der Waals surface area contributed by atoms with Crippen molar-refractivity contribution in [2.75, 3.05) is 19.5 Å². The van der Waals surface area contributed by atoms with Crippen LogP contribution in [0.25, 0.3) is 10.9 Å². The number of hydrogen-bond acceptors (Lipinski definition) is 6. The lowest BCUT2D eigenvalue weighted by Gasteiger charge is -2.12. The second-order valence-corrected chi connectivity index (χ2v) is 4.99. The van der Waals surface area contributed by atoms with Crippen molar-refractivity contribution in [1.29, 1.82) is 0 Å². The topological polar surface area (TPSA) is 77.5 Å². The molecule has 1 aromatic carbocycles. The van der Waals surface area contributed by atoms with Crippen LogP contribution in [-0.4, -0.2) is 31.1 Å². The van der Waals surface area contributed by atoms with Gasteiger partial charge in [0.05, 0.1) is 36.0 Å². The van der Waals surface area contributed by atoms with Crippen molar-refractivity contribution in [2.45, 2.75) is 0 Å². The lowest BCUT2D eigenvalue weighted by atomic mass is 10.2. The molecule has 0 aliphatic heterocycles. The summed E-state index contributed by atoms with van der Waals surface area (Å²) < 4.78 is 9.90. The van der Waals surface area contributed by atoms with Crippen molar-refractivity contribution in [3.63, 3.8) is 0 Å². The summed E-state index contributed by atoms with van der Waals surface area (Å²) >= 11 is 3.47. The van der Waals surface area contributed by atoms with Gasteiger partial charge in [0.15, 0.2) is 0 Å². The molecule has 0 unspecified atom stereocenters. The molecule has 0 bridgehead atoms. The van der Waals surface area contributed by atoms with Crippen LogP contribution in [0.2, 0.25) is 0 Å². The number of hydrogen-bond donors (Lipinski definition) is 1. The van der Waals surface area contributed by atoms with Crippen molar-refractivity contribution < 1.29 is 19.1 Å². The molecule has 0 radical (unpaired) electrons. The zero-order valence-corrected chi connectivity index (χ0v) is 13.5. The highest BCUT2D eigenvalue weighted by atomic mass is 79.9. The number of rotatable bonds is 4. The van der Waals surface area contributed by atoms with E-state index in [0.717, 1.165) is 21.5 Å². The predicted octanol–water partition coefficient (Wildman–Crippen LogP) is 2.64. The summed E-state index contributed by atoms with van der Waals surface area (Å²) in [6, 6.07) is 7.24. The highest BCUT2D eigenvalue weighted by Gasteiger charge is 2.15. The summed E-state index contributed by atoms with van der Waals surface area (Å²) in [5.74, 6) is -1.34. The number of esters is 2. The summed E-state index contributed by atoms with van der Waals surface area (Å²) in [5.41, 5.74) is 1.37. The number of carbonyl (C=O) groups is 2. The molecule has 114 valence electrons. The van der Waals surface area contributed by atoms with Gasteiger partial charge in [-0.15, -0.1) is 0 Å². The van der Waals surface area contributed by atoms with Crippen molar-refractivity contribution >= 4 is 44.5 Å². The second-order valence-electron chi connectivity index (χ2n) is 4.19. The molecule has 0 spiro atoms. The normalized spacial score (nSPS) is 11.1. The lowest BCUT2D eigenvalue weighted by molar-refractivity contribution is -0.138. The van der Waals surface area contributed by atoms with Gasteiger partial charge in [0, 0.05) is 11.6 Å². The van der Waals surface area contributed by atoms with Gasteiger partial charge >= 0.3 is 11.9 Å². The molecule has 2 aromatic rings. The molecule has 2 rings (SSSR count). The van der Waals surface area contributed by atoms with Gasteiger partial charge in [0.25, 0.3) is 0 Å². The molecule has 1 heterocycles. The third-order valence-corrected chi connectivity index (χ3v) is 3.71. The third-order valence-electron chi connectivity index (χ3n) is 2.86. The number of nitrogens with zero attached hydrogens (tertiary/aromatic N) is 1. The first kappa shape index (κ1) is 16.0. The SMILES string of the molecule is COC(=O)/C=C(/Nc1ccc2ncccc2c1Br)C(=O)OC. The minimum Gasteiger partial charge on any atom is -0.466 e. The van der Waals surface area contributed by atoms with Gasteiger partial charge in [-0.25, -0.2) is 9.59 Å². The van der Waals surface area contributed by atoms with Gasteiger partial charge < -0.3 is 14.8 Å². The standard InChI is InChI=1S/C15H13BrN2O4/c1-21-13(19)8-12(15(20)22-2)18-11-6-5-10-9(14(11)16)4-3-7-17-10/h3-8,18H,1-2H3/b12-8+. The number of nitrogens with one attached hydrogen (secondary N) is 1. The van der Waals surface area contributed by atoms with Crippen LogP contribution in [0, 0.1) is 0 Å². The molecular formula is C15H13BrN2O4. The van der Waals surface area contributed by atoms with Crippen LogP contribution < -0.4 is 5.32 Å². The molecule has 1 aromatic heterocycles. The molecule has 0 saturated carbocycles. The van der Waals surface area contributed by atoms with E-state index >= 15 is 0 Å². The molecule has 0 saturated heterocycles. The Bertz CT molecular complexity index is 758. The van der Waals surface area contributed by atoms with Gasteiger partial charge in [0.2, 0.25) is 0 Å². The number of aromatic nitrogens is 1. The van der Waals surface area contributed by atoms with Gasteiger partial charge in [-0.2, -0.15) is 0 Å². The van der Waals surface area contributed by atoms with Crippen molar-refractivity contribution in [2.24, 2.45) is 0 Å². The minimum absolute atomic E-state index is 0.0294. The predicted molar refractivity (Wildman–Crippen MR) is 85.2 cm³/mol. The zero-order chi connectivity index (χ0) is 16.1. The average molecular weight is 365 g/mol. The summed E-state index contributed by atoms with van der Waals surface area (Å²) in [7, 11) is 2.46. The zero-order valence-electron chi connectivity index (χ0n) is 11.9. The molecule has 6 nitrogen and oxygen atoms in total. The van der Waals surface area contributed by atoms with Gasteiger partial charge in [0.1, 0.15) is 5.70 Å². The number of pyridine rings is 1. The van der Waals surface area contributed by atoms with E-state index in [0.29, 0.717) is 5.69 Å². The Morgan fingerprint density at radius 1 is 1.23 bits per heavy atom. The van der Waals surface area contributed by atoms with Gasteiger partial charge in [-0.3, -0.25) is 4.98 Å². The van der Waals surface area contributed by atoms with Crippen molar-refractivity contribution in [1.82, 2.24) is 4.98 Å². The maximum absolute atomic E-state index is 11.8. The van der Waals surface area contributed by atoms with Crippen molar-refractivity contribution in [3.05, 3.63) is 46.7 Å². The molecular weight excluding hydrogens is 352 g/mol.